The maximum atomic E-state index is 8.57. The molecule has 0 aromatic heterocycles. The van der Waals surface area contributed by atoms with Crippen LogP contribution in [0.3, 0.4) is 0 Å². The molecule has 0 fully saturated rings. The van der Waals surface area contributed by atoms with Crippen molar-refractivity contribution < 1.29 is 4.79 Å². The van der Waals surface area contributed by atoms with E-state index in [4.69, 9.17) is 10.5 Å². The number of carbonyl (C=O) groups is 1. The Morgan fingerprint density at radius 2 is 1.83 bits per heavy atom. The van der Waals surface area contributed by atoms with Crippen LogP contribution in [-0.4, -0.2) is 5.75 Å². The summed E-state index contributed by atoms with van der Waals surface area (Å²) in [5.41, 5.74) is 8.93. The zero-order valence-corrected chi connectivity index (χ0v) is 7.93. The average molecular weight is 186 g/mol. The Labute approximate surface area is 77.3 Å². The molecule has 0 atom stereocenters. The molecule has 0 aliphatic heterocycles. The molecular formula is C9H12ClNO. The van der Waals surface area contributed by atoms with Crippen LogP contribution < -0.4 is 5.73 Å². The quantitative estimate of drug-likeness (QED) is 0.383. The molecule has 0 radical (unpaired) electrons. The Bertz CT molecular complexity index is 261. The molecular weight excluding hydrogens is 174 g/mol. The molecule has 66 valence electrons. The minimum Gasteiger partial charge on any atom is -0.399 e. The highest BCUT2D eigenvalue weighted by molar-refractivity contribution is 6.54. The van der Waals surface area contributed by atoms with Crippen molar-refractivity contribution in [1.29, 1.82) is 0 Å². The summed E-state index contributed by atoms with van der Waals surface area (Å²) in [4.78, 5) is 8.57. The molecule has 0 amide bonds. The molecule has 0 unspecified atom stereocenters. The van der Waals surface area contributed by atoms with Crippen LogP contribution in [0.4, 0.5) is 5.69 Å². The van der Waals surface area contributed by atoms with E-state index in [-0.39, 0.29) is 5.75 Å². The van der Waals surface area contributed by atoms with Gasteiger partial charge in [-0.1, -0.05) is 6.07 Å². The standard InChI is InChI=1S/C8H11N.CHClO/c1-6-3-4-8(9)5-7(6)2;2-1-3/h3-5H,9H2,1-2H3;1H. The Hall–Kier alpha value is -1.02. The van der Waals surface area contributed by atoms with Gasteiger partial charge in [0.25, 0.3) is 0 Å². The predicted molar refractivity (Wildman–Crippen MR) is 52.9 cm³/mol. The number of benzene rings is 1. The Morgan fingerprint density at radius 3 is 2.17 bits per heavy atom. The van der Waals surface area contributed by atoms with Gasteiger partial charge >= 0.3 is 0 Å². The van der Waals surface area contributed by atoms with Gasteiger partial charge in [0.2, 0.25) is 5.75 Å². The van der Waals surface area contributed by atoms with Crippen molar-refractivity contribution in [2.24, 2.45) is 0 Å². The Kier molecular flexibility index (Phi) is 5.13. The third kappa shape index (κ3) is 3.98. The molecule has 1 aromatic carbocycles. The zero-order valence-electron chi connectivity index (χ0n) is 7.17. The van der Waals surface area contributed by atoms with Gasteiger partial charge in [-0.15, -0.1) is 0 Å². The molecule has 1 aromatic rings. The number of hydrogen-bond acceptors (Lipinski definition) is 2. The smallest absolute Gasteiger partial charge is 0.208 e. The second-order valence-electron chi connectivity index (χ2n) is 2.43. The van der Waals surface area contributed by atoms with E-state index in [0.29, 0.717) is 0 Å². The summed E-state index contributed by atoms with van der Waals surface area (Å²) in [5, 5.41) is 0. The van der Waals surface area contributed by atoms with Crippen LogP contribution in [0.25, 0.3) is 0 Å². The summed E-state index contributed by atoms with van der Waals surface area (Å²) >= 11 is 4.32. The van der Waals surface area contributed by atoms with Crippen molar-refractivity contribution in [2.45, 2.75) is 13.8 Å². The fourth-order valence-electron chi connectivity index (χ4n) is 0.765. The monoisotopic (exact) mass is 185 g/mol. The van der Waals surface area contributed by atoms with E-state index in [1.807, 2.05) is 18.2 Å². The van der Waals surface area contributed by atoms with E-state index in [1.165, 1.54) is 11.1 Å². The topological polar surface area (TPSA) is 43.1 Å². The van der Waals surface area contributed by atoms with Crippen molar-refractivity contribution in [3.05, 3.63) is 29.3 Å². The lowest BCUT2D eigenvalue weighted by Gasteiger charge is -1.98. The third-order valence-corrected chi connectivity index (χ3v) is 1.53. The molecule has 2 N–H and O–H groups in total. The van der Waals surface area contributed by atoms with Crippen LogP contribution in [-0.2, 0) is 4.79 Å². The number of carbonyl (C=O) groups excluding carboxylic acids is 1. The molecule has 0 aliphatic carbocycles. The molecule has 1 rings (SSSR count). The molecule has 3 heteroatoms. The number of aryl methyl sites for hydroxylation is 2. The highest BCUT2D eigenvalue weighted by Crippen LogP contribution is 2.09. The molecule has 12 heavy (non-hydrogen) atoms. The molecule has 0 aliphatic rings. The van der Waals surface area contributed by atoms with E-state index < -0.39 is 0 Å². The summed E-state index contributed by atoms with van der Waals surface area (Å²) in [6.45, 7) is 4.14. The highest BCUT2D eigenvalue weighted by atomic mass is 35.5. The summed E-state index contributed by atoms with van der Waals surface area (Å²) in [5.74, 6) is 0.222. The number of nitrogen functional groups attached to an aromatic ring is 1. The first-order valence-electron chi connectivity index (χ1n) is 3.48. The minimum atomic E-state index is 0.222. The lowest BCUT2D eigenvalue weighted by atomic mass is 10.1. The first-order chi connectivity index (χ1) is 5.61. The van der Waals surface area contributed by atoms with Gasteiger partial charge < -0.3 is 5.73 Å². The normalized spacial score (nSPS) is 8.25. The summed E-state index contributed by atoms with van der Waals surface area (Å²) < 4.78 is 0. The van der Waals surface area contributed by atoms with Crippen LogP contribution in [0.5, 0.6) is 0 Å². The van der Waals surface area contributed by atoms with Crippen molar-refractivity contribution >= 4 is 23.0 Å². The molecule has 0 saturated heterocycles. The molecule has 0 saturated carbocycles. The van der Waals surface area contributed by atoms with Gasteiger partial charge in [-0.05, 0) is 48.7 Å². The highest BCUT2D eigenvalue weighted by Gasteiger charge is 1.89. The van der Waals surface area contributed by atoms with E-state index in [1.54, 1.807) is 0 Å². The number of halogens is 1. The van der Waals surface area contributed by atoms with Crippen LogP contribution in [0.2, 0.25) is 0 Å². The molecule has 0 spiro atoms. The Balaban J connectivity index is 0.000000354. The van der Waals surface area contributed by atoms with Gasteiger partial charge in [0.1, 0.15) is 0 Å². The summed E-state index contributed by atoms with van der Waals surface area (Å²) in [6.07, 6.45) is 0. The maximum absolute atomic E-state index is 8.57. The van der Waals surface area contributed by atoms with E-state index in [2.05, 4.69) is 25.4 Å². The van der Waals surface area contributed by atoms with Crippen molar-refractivity contribution in [2.75, 3.05) is 5.73 Å². The van der Waals surface area contributed by atoms with Crippen LogP contribution in [0.1, 0.15) is 11.1 Å². The summed E-state index contributed by atoms with van der Waals surface area (Å²) in [7, 11) is 0. The van der Waals surface area contributed by atoms with Gasteiger partial charge in [-0.2, -0.15) is 0 Å². The molecule has 0 heterocycles. The minimum absolute atomic E-state index is 0.222. The lowest BCUT2D eigenvalue weighted by molar-refractivity contribution is 0.569. The second kappa shape index (κ2) is 5.61. The largest absolute Gasteiger partial charge is 0.399 e. The summed E-state index contributed by atoms with van der Waals surface area (Å²) in [6, 6.07) is 5.93. The number of rotatable bonds is 0. The molecule has 2 nitrogen and oxygen atoms in total. The Morgan fingerprint density at radius 1 is 1.33 bits per heavy atom. The lowest BCUT2D eigenvalue weighted by Crippen LogP contribution is -1.86. The van der Waals surface area contributed by atoms with Crippen LogP contribution >= 0.6 is 11.6 Å². The molecule has 0 bridgehead atoms. The van der Waals surface area contributed by atoms with Gasteiger partial charge in [-0.3, -0.25) is 4.79 Å². The number of hydrogen-bond donors (Lipinski definition) is 1. The van der Waals surface area contributed by atoms with Crippen molar-refractivity contribution in [1.82, 2.24) is 0 Å². The third-order valence-electron chi connectivity index (χ3n) is 1.53. The van der Waals surface area contributed by atoms with E-state index >= 15 is 0 Å². The second-order valence-corrected chi connectivity index (χ2v) is 2.61. The average Bonchev–Trinajstić information content (AvgIpc) is 1.99. The van der Waals surface area contributed by atoms with Gasteiger partial charge in [0, 0.05) is 5.69 Å². The van der Waals surface area contributed by atoms with Crippen molar-refractivity contribution in [3.8, 4) is 0 Å². The first kappa shape index (κ1) is 11.0. The van der Waals surface area contributed by atoms with E-state index in [0.717, 1.165) is 5.69 Å². The maximum Gasteiger partial charge on any atom is 0.208 e. The SMILES string of the molecule is Cc1ccc(N)cc1C.O=CCl. The van der Waals surface area contributed by atoms with Gasteiger partial charge in [-0.25, -0.2) is 0 Å². The van der Waals surface area contributed by atoms with Gasteiger partial charge in [0.05, 0.1) is 0 Å². The van der Waals surface area contributed by atoms with Crippen LogP contribution in [0.15, 0.2) is 18.2 Å². The fourth-order valence-corrected chi connectivity index (χ4v) is 0.765. The number of nitrogens with two attached hydrogens (primary N) is 1. The predicted octanol–water partition coefficient (Wildman–Crippen LogP) is 2.30. The van der Waals surface area contributed by atoms with Gasteiger partial charge in [0.15, 0.2) is 0 Å². The fraction of sp³-hybridized carbons (Fsp3) is 0.222. The first-order valence-corrected chi connectivity index (χ1v) is 3.92. The van der Waals surface area contributed by atoms with Crippen molar-refractivity contribution in [3.63, 3.8) is 0 Å². The van der Waals surface area contributed by atoms with E-state index in [9.17, 15) is 0 Å². The van der Waals surface area contributed by atoms with Crippen LogP contribution in [0, 0.1) is 13.8 Å². The number of anilines is 1. The zero-order chi connectivity index (χ0) is 9.56.